The first-order valence-electron chi connectivity index (χ1n) is 12.9. The molecular formula is C30H31N3O4S. The average Bonchev–Trinajstić information content (AvgIpc) is 3.62. The Morgan fingerprint density at radius 2 is 1.87 bits per heavy atom. The molecule has 2 aromatic carbocycles. The number of hydrogen-bond acceptors (Lipinski definition) is 5. The van der Waals surface area contributed by atoms with Gasteiger partial charge < -0.3 is 15.0 Å². The number of benzene rings is 2. The van der Waals surface area contributed by atoms with Crippen molar-refractivity contribution in [1.82, 2.24) is 10.3 Å². The molecule has 1 aliphatic rings. The summed E-state index contributed by atoms with van der Waals surface area (Å²) in [5.41, 5.74) is 2.57. The predicted molar refractivity (Wildman–Crippen MR) is 149 cm³/mol. The smallest absolute Gasteiger partial charge is 0.337 e. The van der Waals surface area contributed by atoms with Crippen molar-refractivity contribution in [3.05, 3.63) is 88.2 Å². The largest absolute Gasteiger partial charge is 0.465 e. The van der Waals surface area contributed by atoms with Crippen LogP contribution in [0.5, 0.6) is 0 Å². The van der Waals surface area contributed by atoms with Gasteiger partial charge in [-0.15, -0.1) is 11.3 Å². The first-order chi connectivity index (χ1) is 18.5. The molecule has 1 fully saturated rings. The second kappa shape index (κ2) is 11.6. The van der Waals surface area contributed by atoms with Gasteiger partial charge in [-0.3, -0.25) is 14.5 Å². The molecule has 0 aliphatic heterocycles. The SMILES string of the molecule is COC(=O)c1cccc(N(C(=O)Cc2c[nH]c3ccccc23)C(C(=O)NC2CCCCC2)c2cccs2)c1. The lowest BCUT2D eigenvalue weighted by atomic mass is 9.95. The van der Waals surface area contributed by atoms with Crippen LogP contribution in [-0.4, -0.2) is 35.9 Å². The number of ether oxygens (including phenoxy) is 1. The number of anilines is 1. The number of amides is 2. The van der Waals surface area contributed by atoms with Crippen LogP contribution in [0.4, 0.5) is 5.69 Å². The molecule has 1 atom stereocenters. The molecule has 8 heteroatoms. The molecule has 4 aromatic rings. The summed E-state index contributed by atoms with van der Waals surface area (Å²) in [6.45, 7) is 0. The van der Waals surface area contributed by atoms with E-state index in [0.717, 1.165) is 47.0 Å². The Morgan fingerprint density at radius 1 is 1.05 bits per heavy atom. The van der Waals surface area contributed by atoms with E-state index in [1.165, 1.54) is 29.8 Å². The Hall–Kier alpha value is -3.91. The van der Waals surface area contributed by atoms with E-state index in [2.05, 4.69) is 10.3 Å². The van der Waals surface area contributed by atoms with Crippen LogP contribution in [0.3, 0.4) is 0 Å². The summed E-state index contributed by atoms with van der Waals surface area (Å²) < 4.78 is 4.92. The molecule has 2 N–H and O–H groups in total. The van der Waals surface area contributed by atoms with Gasteiger partial charge in [0.15, 0.2) is 0 Å². The number of aromatic amines is 1. The Labute approximate surface area is 225 Å². The number of nitrogens with zero attached hydrogens (tertiary/aromatic N) is 1. The third-order valence-corrected chi connectivity index (χ3v) is 8.03. The zero-order valence-corrected chi connectivity index (χ0v) is 22.1. The summed E-state index contributed by atoms with van der Waals surface area (Å²) in [6.07, 6.45) is 7.14. The van der Waals surface area contributed by atoms with Crippen molar-refractivity contribution in [3.63, 3.8) is 0 Å². The summed E-state index contributed by atoms with van der Waals surface area (Å²) >= 11 is 1.43. The highest BCUT2D eigenvalue weighted by molar-refractivity contribution is 7.10. The molecule has 196 valence electrons. The normalized spacial score (nSPS) is 14.7. The zero-order valence-electron chi connectivity index (χ0n) is 21.3. The fourth-order valence-corrected chi connectivity index (χ4v) is 6.02. The number of esters is 1. The molecule has 0 bridgehead atoms. The number of para-hydroxylation sites is 1. The summed E-state index contributed by atoms with van der Waals surface area (Å²) in [5.74, 6) is -0.959. The Kier molecular flexibility index (Phi) is 7.89. The summed E-state index contributed by atoms with van der Waals surface area (Å²) in [6, 6.07) is 17.5. The van der Waals surface area contributed by atoms with Crippen LogP contribution in [0, 0.1) is 0 Å². The van der Waals surface area contributed by atoms with E-state index in [0.29, 0.717) is 11.3 Å². The van der Waals surface area contributed by atoms with Crippen molar-refractivity contribution in [2.24, 2.45) is 0 Å². The number of fused-ring (bicyclic) bond motifs is 1. The van der Waals surface area contributed by atoms with Gasteiger partial charge in [-0.2, -0.15) is 0 Å². The van der Waals surface area contributed by atoms with Gasteiger partial charge in [0.25, 0.3) is 0 Å². The van der Waals surface area contributed by atoms with Crippen molar-refractivity contribution in [2.45, 2.75) is 50.6 Å². The molecule has 1 unspecified atom stereocenters. The number of carbonyl (C=O) groups excluding carboxylic acids is 3. The second-order valence-electron chi connectivity index (χ2n) is 9.60. The van der Waals surface area contributed by atoms with Crippen LogP contribution in [0.25, 0.3) is 10.9 Å². The first-order valence-corrected chi connectivity index (χ1v) is 13.8. The maximum atomic E-state index is 14.2. The number of methoxy groups -OCH3 is 1. The van der Waals surface area contributed by atoms with Gasteiger partial charge in [0.05, 0.1) is 19.1 Å². The standard InChI is InChI=1S/C30H31N3O4S/c1-37-30(36)20-9-7-12-23(17-20)33(27(34)18-21-19-31-25-14-6-5-13-24(21)25)28(26-15-8-16-38-26)29(35)32-22-10-3-2-4-11-22/h5-9,12-17,19,22,28,31H,2-4,10-11,18H2,1H3,(H,32,35). The molecule has 7 nitrogen and oxygen atoms in total. The van der Waals surface area contributed by atoms with Crippen molar-refractivity contribution >= 4 is 45.7 Å². The summed E-state index contributed by atoms with van der Waals surface area (Å²) in [7, 11) is 1.32. The predicted octanol–water partition coefficient (Wildman–Crippen LogP) is 5.78. The highest BCUT2D eigenvalue weighted by Crippen LogP contribution is 2.33. The lowest BCUT2D eigenvalue weighted by molar-refractivity contribution is -0.127. The van der Waals surface area contributed by atoms with E-state index in [9.17, 15) is 14.4 Å². The number of nitrogens with one attached hydrogen (secondary N) is 2. The van der Waals surface area contributed by atoms with Crippen molar-refractivity contribution < 1.29 is 19.1 Å². The third-order valence-electron chi connectivity index (χ3n) is 7.10. The molecule has 1 saturated carbocycles. The molecule has 2 aromatic heterocycles. The molecule has 5 rings (SSSR count). The van der Waals surface area contributed by atoms with E-state index in [1.54, 1.807) is 24.3 Å². The van der Waals surface area contributed by atoms with E-state index >= 15 is 0 Å². The van der Waals surface area contributed by atoms with E-state index < -0.39 is 12.0 Å². The van der Waals surface area contributed by atoms with Gasteiger partial charge >= 0.3 is 5.97 Å². The lowest BCUT2D eigenvalue weighted by Crippen LogP contribution is -2.47. The molecular weight excluding hydrogens is 498 g/mol. The first kappa shape index (κ1) is 25.7. The van der Waals surface area contributed by atoms with Crippen molar-refractivity contribution in [2.75, 3.05) is 12.0 Å². The van der Waals surface area contributed by atoms with Crippen molar-refractivity contribution in [1.29, 1.82) is 0 Å². The number of carbonyl (C=O) groups is 3. The van der Waals surface area contributed by atoms with Crippen molar-refractivity contribution in [3.8, 4) is 0 Å². The zero-order chi connectivity index (χ0) is 26.5. The molecule has 0 saturated heterocycles. The van der Waals surface area contributed by atoms with Crippen LogP contribution >= 0.6 is 11.3 Å². The second-order valence-corrected chi connectivity index (χ2v) is 10.6. The maximum absolute atomic E-state index is 14.2. The van der Waals surface area contributed by atoms with Crippen LogP contribution in [0.1, 0.15) is 58.9 Å². The number of H-pyrrole nitrogens is 1. The Balaban J connectivity index is 1.56. The average molecular weight is 530 g/mol. The fraction of sp³-hybridized carbons (Fsp3) is 0.300. The maximum Gasteiger partial charge on any atom is 0.337 e. The van der Waals surface area contributed by atoms with Gasteiger partial charge in [-0.1, -0.05) is 49.6 Å². The van der Waals surface area contributed by atoms with Gasteiger partial charge in [-0.25, -0.2) is 4.79 Å². The lowest BCUT2D eigenvalue weighted by Gasteiger charge is -2.33. The fourth-order valence-electron chi connectivity index (χ4n) is 5.21. The number of thiophene rings is 1. The van der Waals surface area contributed by atoms with Crippen LogP contribution in [0.2, 0.25) is 0 Å². The van der Waals surface area contributed by atoms with E-state index in [1.807, 2.05) is 48.0 Å². The van der Waals surface area contributed by atoms with Crippen LogP contribution in [0.15, 0.2) is 72.2 Å². The summed E-state index contributed by atoms with van der Waals surface area (Å²) in [4.78, 5) is 46.0. The van der Waals surface area contributed by atoms with Gasteiger partial charge in [0.2, 0.25) is 11.8 Å². The number of aromatic nitrogens is 1. The quantitative estimate of drug-likeness (QED) is 0.283. The molecule has 2 heterocycles. The third kappa shape index (κ3) is 5.50. The Bertz CT molecular complexity index is 1420. The number of rotatable bonds is 8. The topological polar surface area (TPSA) is 91.5 Å². The number of hydrogen-bond donors (Lipinski definition) is 2. The van der Waals surface area contributed by atoms with Crippen LogP contribution in [-0.2, 0) is 20.7 Å². The minimum Gasteiger partial charge on any atom is -0.465 e. The highest BCUT2D eigenvalue weighted by Gasteiger charge is 2.35. The Morgan fingerprint density at radius 3 is 2.63 bits per heavy atom. The summed E-state index contributed by atoms with van der Waals surface area (Å²) in [5, 5.41) is 6.09. The molecule has 38 heavy (non-hydrogen) atoms. The molecule has 2 amide bonds. The molecule has 0 spiro atoms. The van der Waals surface area contributed by atoms with Gasteiger partial charge in [-0.05, 0) is 54.1 Å². The monoisotopic (exact) mass is 529 g/mol. The van der Waals surface area contributed by atoms with E-state index in [-0.39, 0.29) is 24.3 Å². The minimum absolute atomic E-state index is 0.0883. The van der Waals surface area contributed by atoms with E-state index in [4.69, 9.17) is 4.74 Å². The van der Waals surface area contributed by atoms with Gasteiger partial charge in [0.1, 0.15) is 6.04 Å². The molecule has 0 radical (unpaired) electrons. The minimum atomic E-state index is -0.873. The van der Waals surface area contributed by atoms with Crippen LogP contribution < -0.4 is 10.2 Å². The molecule has 1 aliphatic carbocycles. The highest BCUT2D eigenvalue weighted by atomic mass is 32.1. The van der Waals surface area contributed by atoms with Gasteiger partial charge in [0, 0.05) is 33.7 Å².